The molecule has 0 amide bonds. The maximum atomic E-state index is 11.2. The molecule has 2 aromatic rings. The third kappa shape index (κ3) is 2.52. The van der Waals surface area contributed by atoms with Crippen molar-refractivity contribution in [2.75, 3.05) is 0 Å². The van der Waals surface area contributed by atoms with E-state index in [9.17, 15) is 10.4 Å². The monoisotopic (exact) mass is 254 g/mol. The predicted molar refractivity (Wildman–Crippen MR) is 58.1 cm³/mol. The molecule has 2 aromatic heterocycles. The summed E-state index contributed by atoms with van der Waals surface area (Å²) in [5, 5.41) is 23.4. The van der Waals surface area contributed by atoms with Gasteiger partial charge in [0.05, 0.1) is 0 Å². The summed E-state index contributed by atoms with van der Waals surface area (Å²) in [6, 6.07) is 3.17. The van der Waals surface area contributed by atoms with Gasteiger partial charge in [-0.15, -0.1) is 0 Å². The Hall–Kier alpha value is -1.54. The van der Waals surface area contributed by atoms with Crippen molar-refractivity contribution in [2.45, 2.75) is 10.1 Å². The largest absolute Gasteiger partial charge is 0.710 e. The van der Waals surface area contributed by atoms with Gasteiger partial charge in [0.25, 0.3) is 12.7 Å². The van der Waals surface area contributed by atoms with Crippen LogP contribution in [-0.4, -0.2) is 9.97 Å². The highest BCUT2D eigenvalue weighted by molar-refractivity contribution is 8.76. The Labute approximate surface area is 98.9 Å². The first-order valence-corrected chi connectivity index (χ1v) is 6.33. The molecule has 0 unspecified atom stereocenters. The van der Waals surface area contributed by atoms with E-state index in [2.05, 4.69) is 9.97 Å². The molecule has 0 bridgehead atoms. The van der Waals surface area contributed by atoms with Crippen molar-refractivity contribution in [3.8, 4) is 0 Å². The Balaban J connectivity index is 2.09. The van der Waals surface area contributed by atoms with Crippen LogP contribution >= 0.6 is 21.6 Å². The number of hydrogen-bond donors (Lipinski definition) is 0. The van der Waals surface area contributed by atoms with Gasteiger partial charge in [0.1, 0.15) is 12.4 Å². The first-order chi connectivity index (χ1) is 7.77. The zero-order valence-electron chi connectivity index (χ0n) is 7.89. The van der Waals surface area contributed by atoms with Crippen molar-refractivity contribution >= 4 is 21.6 Å². The highest BCUT2D eigenvalue weighted by Gasteiger charge is 2.07. The van der Waals surface area contributed by atoms with Crippen LogP contribution < -0.4 is 9.46 Å². The van der Waals surface area contributed by atoms with E-state index >= 15 is 0 Å². The molecule has 0 saturated carbocycles. The Morgan fingerprint density at radius 1 is 0.875 bits per heavy atom. The molecular weight excluding hydrogens is 248 g/mol. The normalized spacial score (nSPS) is 10.2. The summed E-state index contributed by atoms with van der Waals surface area (Å²) in [5.41, 5.74) is 0. The van der Waals surface area contributed by atoms with E-state index in [1.807, 2.05) is 0 Å². The Morgan fingerprint density at radius 3 is 1.69 bits per heavy atom. The lowest BCUT2D eigenvalue weighted by Gasteiger charge is -2.07. The zero-order chi connectivity index (χ0) is 11.4. The molecule has 0 N–H and O–H groups in total. The minimum absolute atomic E-state index is 0.469. The van der Waals surface area contributed by atoms with Gasteiger partial charge in [0, 0.05) is 12.1 Å². The zero-order valence-corrected chi connectivity index (χ0v) is 9.52. The average molecular weight is 254 g/mol. The first kappa shape index (κ1) is 11.0. The molecule has 2 rings (SSSR count). The maximum Gasteiger partial charge on any atom is 0.289 e. The lowest BCUT2D eigenvalue weighted by atomic mass is 10.7. The summed E-state index contributed by atoms with van der Waals surface area (Å²) in [4.78, 5) is 7.34. The van der Waals surface area contributed by atoms with Gasteiger partial charge in [0.15, 0.2) is 10.1 Å². The number of rotatable bonds is 3. The fraction of sp³-hybridized carbons (Fsp3) is 0. The predicted octanol–water partition coefficient (Wildman–Crippen LogP) is 0.543. The van der Waals surface area contributed by atoms with Crippen molar-refractivity contribution in [3.63, 3.8) is 0 Å². The van der Waals surface area contributed by atoms with Gasteiger partial charge in [-0.1, -0.05) is 9.97 Å². The summed E-state index contributed by atoms with van der Waals surface area (Å²) in [6.45, 7) is 0. The van der Waals surface area contributed by atoms with Crippen molar-refractivity contribution in [1.82, 2.24) is 9.97 Å². The lowest BCUT2D eigenvalue weighted by Crippen LogP contribution is -2.29. The molecule has 0 radical (unpaired) electrons. The minimum Gasteiger partial charge on any atom is -0.710 e. The minimum atomic E-state index is 0.469. The smallest absolute Gasteiger partial charge is 0.289 e. The Kier molecular flexibility index (Phi) is 3.42. The number of hydrogen-bond acceptors (Lipinski definition) is 6. The van der Waals surface area contributed by atoms with Crippen molar-refractivity contribution in [1.29, 1.82) is 0 Å². The van der Waals surface area contributed by atoms with Crippen LogP contribution in [0.25, 0.3) is 0 Å². The van der Waals surface area contributed by atoms with Gasteiger partial charge >= 0.3 is 0 Å². The van der Waals surface area contributed by atoms with Crippen LogP contribution in [0.4, 0.5) is 0 Å². The first-order valence-electron chi connectivity index (χ1n) is 4.18. The Bertz CT molecular complexity index is 451. The van der Waals surface area contributed by atoms with Gasteiger partial charge in [-0.05, 0) is 21.6 Å². The average Bonchev–Trinajstić information content (AvgIpc) is 2.30. The molecule has 0 aliphatic heterocycles. The van der Waals surface area contributed by atoms with E-state index in [0.717, 1.165) is 0 Å². The molecule has 0 saturated heterocycles. The molecule has 0 atom stereocenters. The molecule has 0 aliphatic carbocycles. The second-order valence-electron chi connectivity index (χ2n) is 2.66. The van der Waals surface area contributed by atoms with Gasteiger partial charge < -0.3 is 10.4 Å². The molecule has 8 heteroatoms. The summed E-state index contributed by atoms with van der Waals surface area (Å²) >= 11 is 0. The van der Waals surface area contributed by atoms with Crippen molar-refractivity contribution < 1.29 is 9.46 Å². The lowest BCUT2D eigenvalue weighted by molar-refractivity contribution is -0.649. The van der Waals surface area contributed by atoms with Crippen LogP contribution in [0.2, 0.25) is 0 Å². The third-order valence-corrected chi connectivity index (χ3v) is 3.93. The molecular formula is C8H6N4O2S2. The quantitative estimate of drug-likeness (QED) is 0.344. The van der Waals surface area contributed by atoms with Crippen LogP contribution in [0.1, 0.15) is 0 Å². The van der Waals surface area contributed by atoms with E-state index in [4.69, 9.17) is 0 Å². The second-order valence-corrected chi connectivity index (χ2v) is 4.83. The van der Waals surface area contributed by atoms with Crippen LogP contribution in [0.15, 0.2) is 47.2 Å². The van der Waals surface area contributed by atoms with Gasteiger partial charge in [-0.25, -0.2) is 9.46 Å². The van der Waals surface area contributed by atoms with E-state index in [-0.39, 0.29) is 0 Å². The fourth-order valence-electron chi connectivity index (χ4n) is 0.887. The van der Waals surface area contributed by atoms with E-state index in [1.54, 1.807) is 12.1 Å². The summed E-state index contributed by atoms with van der Waals surface area (Å²) < 4.78 is 1.29. The van der Waals surface area contributed by atoms with E-state index in [0.29, 0.717) is 19.5 Å². The number of nitrogens with zero attached hydrogens (tertiary/aromatic N) is 4. The standard InChI is InChI=1S/C8H6N4O2S2/c13-11-5-9-3-1-7(11)15-16-8-2-4-10-6-12(8)14/h1-6H. The fourth-order valence-corrected chi connectivity index (χ4v) is 2.82. The summed E-state index contributed by atoms with van der Waals surface area (Å²) in [6.07, 6.45) is 5.38. The molecule has 6 nitrogen and oxygen atoms in total. The third-order valence-electron chi connectivity index (χ3n) is 1.60. The van der Waals surface area contributed by atoms with Crippen LogP contribution in [0.3, 0.4) is 0 Å². The maximum absolute atomic E-state index is 11.2. The van der Waals surface area contributed by atoms with Crippen molar-refractivity contribution in [3.05, 3.63) is 47.6 Å². The van der Waals surface area contributed by atoms with Crippen LogP contribution in [0, 0.1) is 10.4 Å². The summed E-state index contributed by atoms with van der Waals surface area (Å²) in [7, 11) is 2.39. The SMILES string of the molecule is [O-][n+]1cnccc1SSc1ccnc[n+]1[O-]. The van der Waals surface area contributed by atoms with Gasteiger partial charge in [0.2, 0.25) is 0 Å². The van der Waals surface area contributed by atoms with E-state index in [1.165, 1.54) is 46.6 Å². The molecule has 2 heterocycles. The molecule has 0 aliphatic rings. The van der Waals surface area contributed by atoms with Gasteiger partial charge in [-0.3, -0.25) is 0 Å². The van der Waals surface area contributed by atoms with Gasteiger partial charge in [-0.2, -0.15) is 0 Å². The topological polar surface area (TPSA) is 79.7 Å². The molecule has 82 valence electrons. The highest BCUT2D eigenvalue weighted by atomic mass is 33.1. The molecule has 0 aromatic carbocycles. The highest BCUT2D eigenvalue weighted by Crippen LogP contribution is 2.32. The Morgan fingerprint density at radius 2 is 1.31 bits per heavy atom. The van der Waals surface area contributed by atoms with Crippen LogP contribution in [-0.2, 0) is 0 Å². The molecule has 16 heavy (non-hydrogen) atoms. The number of aromatic nitrogens is 4. The summed E-state index contributed by atoms with van der Waals surface area (Å²) in [5.74, 6) is 0. The second kappa shape index (κ2) is 4.99. The van der Waals surface area contributed by atoms with Crippen molar-refractivity contribution in [2.24, 2.45) is 0 Å². The van der Waals surface area contributed by atoms with E-state index < -0.39 is 0 Å². The molecule has 0 spiro atoms. The molecule has 0 fully saturated rings. The van der Waals surface area contributed by atoms with Crippen LogP contribution in [0.5, 0.6) is 0 Å².